The monoisotopic (exact) mass is 854 g/mol. The van der Waals surface area contributed by atoms with Crippen LogP contribution in [-0.2, 0) is 19.1 Å². The minimum Gasteiger partial charge on any atom is -0.453 e. The second-order valence-electron chi connectivity index (χ2n) is 17.4. The first-order chi connectivity index (χ1) is 31.2. The highest BCUT2D eigenvalue weighted by Gasteiger charge is 2.57. The van der Waals surface area contributed by atoms with Crippen LogP contribution in [0.5, 0.6) is 0 Å². The van der Waals surface area contributed by atoms with Gasteiger partial charge in [0.2, 0.25) is 0 Å². The number of hydrogen-bond acceptors (Lipinski definition) is 8. The normalized spacial score (nSPS) is 22.7. The van der Waals surface area contributed by atoms with Gasteiger partial charge in [-0.05, 0) is 95.2 Å². The van der Waals surface area contributed by atoms with Crippen molar-refractivity contribution in [3.05, 3.63) is 144 Å². The average molecular weight is 855 g/mol. The Bertz CT molecular complexity index is 2740. The summed E-state index contributed by atoms with van der Waals surface area (Å²) in [5.41, 5.74) is 8.94. The Kier molecular flexibility index (Phi) is 9.66. The van der Waals surface area contributed by atoms with E-state index in [1.807, 2.05) is 82.6 Å². The van der Waals surface area contributed by atoms with Crippen LogP contribution in [0.2, 0.25) is 0 Å². The van der Waals surface area contributed by atoms with Crippen molar-refractivity contribution in [2.75, 3.05) is 14.2 Å². The number of rotatable bonds is 10. The van der Waals surface area contributed by atoms with E-state index in [-0.39, 0.29) is 36.0 Å². The van der Waals surface area contributed by atoms with Gasteiger partial charge in [-0.25, -0.2) is 19.6 Å². The summed E-state index contributed by atoms with van der Waals surface area (Å²) in [7, 11) is 2.59. The third kappa shape index (κ3) is 7.08. The van der Waals surface area contributed by atoms with E-state index in [0.717, 1.165) is 81.7 Å². The first-order valence-corrected chi connectivity index (χ1v) is 21.8. The van der Waals surface area contributed by atoms with Gasteiger partial charge in [0, 0.05) is 12.1 Å². The number of alkyl carbamates (subject to hydrolysis) is 2. The predicted octanol–water partition coefficient (Wildman–Crippen LogP) is 8.29. The number of carbonyl (C=O) groups is 4. The molecule has 4 amide bonds. The molecule has 322 valence electrons. The number of hydrogen-bond donors (Lipinski definition) is 4. The molecule has 14 heteroatoms. The number of aromatic amines is 2. The van der Waals surface area contributed by atoms with Gasteiger partial charge in [0.1, 0.15) is 23.7 Å². The number of nitrogens with one attached hydrogen (secondary N) is 4. The first kappa shape index (κ1) is 39.4. The Morgan fingerprint density at radius 3 is 1.33 bits per heavy atom. The molecule has 14 nitrogen and oxygen atoms in total. The van der Waals surface area contributed by atoms with E-state index in [0.29, 0.717) is 23.0 Å². The van der Waals surface area contributed by atoms with E-state index in [2.05, 4.69) is 69.1 Å². The summed E-state index contributed by atoms with van der Waals surface area (Å²) < 4.78 is 9.77. The molecule has 8 atom stereocenters. The molecule has 4 aliphatic rings. The van der Waals surface area contributed by atoms with Gasteiger partial charge < -0.3 is 39.9 Å². The van der Waals surface area contributed by atoms with Gasteiger partial charge in [-0.2, -0.15) is 0 Å². The lowest BCUT2D eigenvalue weighted by molar-refractivity contribution is -0.136. The number of H-pyrrole nitrogens is 2. The number of fused-ring (bicyclic) bond motifs is 4. The minimum absolute atomic E-state index is 0.108. The van der Waals surface area contributed by atoms with E-state index in [9.17, 15) is 19.2 Å². The van der Waals surface area contributed by atoms with Crippen LogP contribution < -0.4 is 10.6 Å². The molecule has 2 aliphatic heterocycles. The highest BCUT2D eigenvalue weighted by molar-refractivity contribution is 5.90. The minimum atomic E-state index is -0.878. The number of imidazole rings is 2. The van der Waals surface area contributed by atoms with Gasteiger partial charge >= 0.3 is 12.2 Å². The summed E-state index contributed by atoms with van der Waals surface area (Å²) in [6.45, 7) is 0. The fourth-order valence-corrected chi connectivity index (χ4v) is 10.1. The highest BCUT2D eigenvalue weighted by atomic mass is 16.5. The van der Waals surface area contributed by atoms with Crippen molar-refractivity contribution in [2.45, 2.75) is 61.9 Å². The summed E-state index contributed by atoms with van der Waals surface area (Å²) in [5.74, 6) is 1.93. The molecule has 0 spiro atoms. The molecule has 2 saturated heterocycles. The second kappa shape index (κ2) is 15.7. The van der Waals surface area contributed by atoms with Crippen molar-refractivity contribution in [1.82, 2.24) is 40.4 Å². The van der Waals surface area contributed by atoms with Crippen LogP contribution in [-0.4, -0.2) is 80.0 Å². The van der Waals surface area contributed by atoms with Gasteiger partial charge in [-0.3, -0.25) is 9.59 Å². The van der Waals surface area contributed by atoms with Gasteiger partial charge in [-0.1, -0.05) is 97.1 Å². The predicted molar refractivity (Wildman–Crippen MR) is 238 cm³/mol. The number of ether oxygens (including phenoxy) is 2. The van der Waals surface area contributed by atoms with Crippen LogP contribution in [0.4, 0.5) is 9.59 Å². The third-order valence-corrected chi connectivity index (χ3v) is 13.6. The molecule has 2 aliphatic carbocycles. The van der Waals surface area contributed by atoms with Crippen molar-refractivity contribution >= 4 is 46.1 Å². The maximum atomic E-state index is 14.2. The lowest BCUT2D eigenvalue weighted by Gasteiger charge is -2.30. The van der Waals surface area contributed by atoms with Gasteiger partial charge in [-0.15, -0.1) is 0 Å². The van der Waals surface area contributed by atoms with Crippen LogP contribution in [0.15, 0.2) is 121 Å². The Morgan fingerprint density at radius 1 is 0.547 bits per heavy atom. The van der Waals surface area contributed by atoms with E-state index >= 15 is 0 Å². The molecule has 4 N–H and O–H groups in total. The first-order valence-electron chi connectivity index (χ1n) is 21.8. The smallest absolute Gasteiger partial charge is 0.407 e. The molecule has 4 fully saturated rings. The summed E-state index contributed by atoms with van der Waals surface area (Å²) in [4.78, 5) is 74.1. The second-order valence-corrected chi connectivity index (χ2v) is 17.4. The lowest BCUT2D eigenvalue weighted by atomic mass is 10.00. The molecule has 5 aromatic carbocycles. The van der Waals surface area contributed by atoms with Crippen molar-refractivity contribution in [3.63, 3.8) is 0 Å². The SMILES string of the molecule is COC(=O)NC(C(=O)N1[C@@H](c2nc3ccc(-c4ccc(-c5ccc6nc([C@@H]7C[C@@H]8C[C@@H]8N7C(=O)[C@H](NC(=O)OC)c7ccccc7)[nH]c6c5)cc4)cc3[nH]2)C[C@H]2C[C@H]21)c1ccccc1. The fraction of sp³-hybridized carbons (Fsp3) is 0.280. The standard InChI is InChI=1S/C50H46N8O6/c1-63-49(61)55-43(29-9-5-3-6-10-29)47(59)57-39-23-33(39)25-41(57)45-51-35-19-17-31(21-37(35)53-45)27-13-15-28(16-14-27)32-18-20-36-38(22-32)54-46(52-36)42-26-34-24-40(34)58(42)48(60)44(56-50(62)64-2)30-11-7-4-8-12-30/h3-22,33-34,39-44H,23-26H2,1-2H3,(H,51,53)(H,52,54)(H,55,61)(H,56,62)/t33-,34+,39-,40+,41-,42+,43+,44?/m0/s1. The zero-order valence-corrected chi connectivity index (χ0v) is 35.2. The Labute approximate surface area is 368 Å². The summed E-state index contributed by atoms with van der Waals surface area (Å²) in [5, 5.41) is 5.53. The third-order valence-electron chi connectivity index (χ3n) is 13.6. The van der Waals surface area contributed by atoms with Crippen molar-refractivity contribution in [3.8, 4) is 22.3 Å². The molecule has 64 heavy (non-hydrogen) atoms. The lowest BCUT2D eigenvalue weighted by Crippen LogP contribution is -2.44. The Balaban J connectivity index is 0.812. The van der Waals surface area contributed by atoms with Crippen LogP contribution >= 0.6 is 0 Å². The molecule has 7 aromatic rings. The number of amides is 4. The molecule has 11 rings (SSSR count). The number of aromatic nitrogens is 4. The quantitative estimate of drug-likeness (QED) is 0.106. The number of nitrogens with zero attached hydrogens (tertiary/aromatic N) is 4. The van der Waals surface area contributed by atoms with Gasteiger partial charge in [0.05, 0.1) is 48.4 Å². The zero-order chi connectivity index (χ0) is 43.6. The molecular weight excluding hydrogens is 809 g/mol. The molecule has 2 aromatic heterocycles. The van der Waals surface area contributed by atoms with Crippen molar-refractivity contribution in [1.29, 1.82) is 0 Å². The number of carbonyl (C=O) groups excluding carboxylic acids is 4. The van der Waals surface area contributed by atoms with E-state index in [4.69, 9.17) is 19.4 Å². The van der Waals surface area contributed by atoms with Gasteiger partial charge in [0.15, 0.2) is 0 Å². The number of methoxy groups -OCH3 is 2. The summed E-state index contributed by atoms with van der Waals surface area (Å²) in [6, 6.07) is 37.3. The number of benzene rings is 5. The maximum absolute atomic E-state index is 14.2. The van der Waals surface area contributed by atoms with E-state index in [1.165, 1.54) is 14.2 Å². The summed E-state index contributed by atoms with van der Waals surface area (Å²) >= 11 is 0. The van der Waals surface area contributed by atoms with Crippen LogP contribution in [0.25, 0.3) is 44.3 Å². The zero-order valence-electron chi connectivity index (χ0n) is 35.2. The van der Waals surface area contributed by atoms with E-state index in [1.54, 1.807) is 0 Å². The molecule has 2 saturated carbocycles. The number of likely N-dealkylation sites (tertiary alicyclic amines) is 2. The largest absolute Gasteiger partial charge is 0.453 e. The molecule has 4 heterocycles. The fourth-order valence-electron chi connectivity index (χ4n) is 10.1. The van der Waals surface area contributed by atoms with Gasteiger partial charge in [0.25, 0.3) is 11.8 Å². The topological polar surface area (TPSA) is 175 Å². The number of piperidine rings is 2. The molecule has 1 unspecified atom stereocenters. The van der Waals surface area contributed by atoms with Crippen LogP contribution in [0.1, 0.15) is 72.6 Å². The van der Waals surface area contributed by atoms with E-state index < -0.39 is 24.3 Å². The Morgan fingerprint density at radius 2 is 0.938 bits per heavy atom. The highest BCUT2D eigenvalue weighted by Crippen LogP contribution is 2.55. The Hall–Kier alpha value is -7.48. The maximum Gasteiger partial charge on any atom is 0.407 e. The molecule has 0 radical (unpaired) electrons. The molecular formula is C50H46N8O6. The van der Waals surface area contributed by atoms with Crippen LogP contribution in [0.3, 0.4) is 0 Å². The van der Waals surface area contributed by atoms with Crippen molar-refractivity contribution in [2.24, 2.45) is 11.8 Å². The summed E-state index contributed by atoms with van der Waals surface area (Å²) in [6.07, 6.45) is 2.17. The van der Waals surface area contributed by atoms with Crippen LogP contribution in [0, 0.1) is 11.8 Å². The molecule has 0 bridgehead atoms. The average Bonchev–Trinajstić information content (AvgIpc) is 4.00. The van der Waals surface area contributed by atoms with Crippen molar-refractivity contribution < 1.29 is 28.7 Å².